The molecule has 4 heteroatoms. The number of hydrogen-bond acceptors (Lipinski definition) is 3. The molecule has 0 amide bonds. The van der Waals surface area contributed by atoms with E-state index < -0.39 is 0 Å². The molecule has 108 valence electrons. The lowest BCUT2D eigenvalue weighted by molar-refractivity contribution is -0.142. The number of ether oxygens (including phenoxy) is 1. The Morgan fingerprint density at radius 2 is 2.00 bits per heavy atom. The maximum Gasteiger partial charge on any atom is 0.307 e. The van der Waals surface area contributed by atoms with Gasteiger partial charge >= 0.3 is 5.97 Å². The van der Waals surface area contributed by atoms with Gasteiger partial charge in [0.15, 0.2) is 0 Å². The van der Waals surface area contributed by atoms with Crippen molar-refractivity contribution in [3.8, 4) is 0 Å². The maximum absolute atomic E-state index is 10.3. The van der Waals surface area contributed by atoms with Gasteiger partial charge in [-0.05, 0) is 30.0 Å². The van der Waals surface area contributed by atoms with Crippen LogP contribution >= 0.6 is 15.9 Å². The monoisotopic (exact) mass is 329 g/mol. The van der Waals surface area contributed by atoms with Crippen LogP contribution in [0.2, 0.25) is 0 Å². The minimum absolute atomic E-state index is 0.213. The van der Waals surface area contributed by atoms with Crippen LogP contribution in [0.5, 0.6) is 0 Å². The van der Waals surface area contributed by atoms with Gasteiger partial charge in [-0.25, -0.2) is 0 Å². The molecule has 0 aliphatic rings. The lowest BCUT2D eigenvalue weighted by Gasteiger charge is -2.18. The normalized spacial score (nSPS) is 10.4. The topological polar surface area (TPSA) is 52.3 Å². The zero-order chi connectivity index (χ0) is 14.9. The second-order valence-corrected chi connectivity index (χ2v) is 6.02. The number of halogens is 1. The Morgan fingerprint density at radius 3 is 2.37 bits per heavy atom. The zero-order valence-electron chi connectivity index (χ0n) is 12.2. The van der Waals surface area contributed by atoms with Gasteiger partial charge in [0, 0.05) is 11.0 Å². The predicted molar refractivity (Wildman–Crippen MR) is 83.1 cm³/mol. The standard InChI is InChI=1S/C10H13Br.C5H11NO2/c1-10(2,3)8-5-4-6-9(11)7-8;1-2-8-5(7)3-4-6/h4-7H,1-3H3;2-4,6H2,1H3. The predicted octanol–water partition coefficient (Wildman–Crippen LogP) is 3.64. The highest BCUT2D eigenvalue weighted by Crippen LogP contribution is 2.24. The summed E-state index contributed by atoms with van der Waals surface area (Å²) >= 11 is 3.45. The third kappa shape index (κ3) is 8.78. The minimum atomic E-state index is -0.213. The molecule has 0 heterocycles. The first kappa shape index (κ1) is 18.1. The molecular formula is C15H24BrNO2. The molecule has 0 atom stereocenters. The van der Waals surface area contributed by atoms with Gasteiger partial charge < -0.3 is 10.5 Å². The van der Waals surface area contributed by atoms with Gasteiger partial charge in [-0.1, -0.05) is 48.8 Å². The van der Waals surface area contributed by atoms with Crippen LogP contribution in [0, 0.1) is 0 Å². The van der Waals surface area contributed by atoms with Crippen molar-refractivity contribution in [1.29, 1.82) is 0 Å². The maximum atomic E-state index is 10.3. The Balaban J connectivity index is 0.000000362. The molecule has 0 unspecified atom stereocenters. The van der Waals surface area contributed by atoms with E-state index in [0.717, 1.165) is 4.47 Å². The molecule has 3 nitrogen and oxygen atoms in total. The van der Waals surface area contributed by atoms with Crippen molar-refractivity contribution in [3.05, 3.63) is 34.3 Å². The average Bonchev–Trinajstić information content (AvgIpc) is 2.29. The molecule has 0 aliphatic heterocycles. The van der Waals surface area contributed by atoms with Crippen LogP contribution in [0.4, 0.5) is 0 Å². The number of esters is 1. The number of carbonyl (C=O) groups excluding carboxylic acids is 1. The van der Waals surface area contributed by atoms with E-state index in [1.54, 1.807) is 6.92 Å². The van der Waals surface area contributed by atoms with Gasteiger partial charge in [0.2, 0.25) is 0 Å². The first-order valence-corrected chi connectivity index (χ1v) is 7.22. The summed E-state index contributed by atoms with van der Waals surface area (Å²) in [6, 6.07) is 8.45. The van der Waals surface area contributed by atoms with Crippen molar-refractivity contribution >= 4 is 21.9 Å². The average molecular weight is 330 g/mol. The highest BCUT2D eigenvalue weighted by molar-refractivity contribution is 9.10. The van der Waals surface area contributed by atoms with Gasteiger partial charge in [0.1, 0.15) is 0 Å². The first-order chi connectivity index (χ1) is 8.81. The molecule has 0 fully saturated rings. The van der Waals surface area contributed by atoms with E-state index in [0.29, 0.717) is 19.6 Å². The van der Waals surface area contributed by atoms with Crippen LogP contribution < -0.4 is 5.73 Å². The summed E-state index contributed by atoms with van der Waals surface area (Å²) in [4.78, 5) is 10.3. The highest BCUT2D eigenvalue weighted by Gasteiger charge is 2.12. The molecule has 0 spiro atoms. The molecule has 0 radical (unpaired) electrons. The Bertz CT molecular complexity index is 378. The van der Waals surface area contributed by atoms with Crippen LogP contribution in [-0.2, 0) is 14.9 Å². The number of hydrogen-bond donors (Lipinski definition) is 1. The summed E-state index contributed by atoms with van der Waals surface area (Å²) in [5.41, 5.74) is 6.68. The summed E-state index contributed by atoms with van der Waals surface area (Å²) in [6.45, 7) is 9.24. The van der Waals surface area contributed by atoms with E-state index in [1.165, 1.54) is 5.56 Å². The van der Waals surface area contributed by atoms with Crippen LogP contribution in [0.3, 0.4) is 0 Å². The Morgan fingerprint density at radius 1 is 1.37 bits per heavy atom. The van der Waals surface area contributed by atoms with Crippen molar-refractivity contribution < 1.29 is 9.53 Å². The summed E-state index contributed by atoms with van der Waals surface area (Å²) in [5, 5.41) is 0. The van der Waals surface area contributed by atoms with Gasteiger partial charge in [-0.2, -0.15) is 0 Å². The lowest BCUT2D eigenvalue weighted by Crippen LogP contribution is -2.10. The second-order valence-electron chi connectivity index (χ2n) is 5.10. The molecule has 1 aromatic rings. The fraction of sp³-hybridized carbons (Fsp3) is 0.533. The van der Waals surface area contributed by atoms with Crippen molar-refractivity contribution in [2.45, 2.75) is 39.5 Å². The quantitative estimate of drug-likeness (QED) is 0.861. The molecular weight excluding hydrogens is 306 g/mol. The van der Waals surface area contributed by atoms with E-state index in [-0.39, 0.29) is 11.4 Å². The van der Waals surface area contributed by atoms with Crippen molar-refractivity contribution in [1.82, 2.24) is 0 Å². The smallest absolute Gasteiger partial charge is 0.307 e. The van der Waals surface area contributed by atoms with E-state index in [4.69, 9.17) is 5.73 Å². The molecule has 1 aromatic carbocycles. The van der Waals surface area contributed by atoms with Crippen molar-refractivity contribution in [2.24, 2.45) is 5.73 Å². The van der Waals surface area contributed by atoms with E-state index >= 15 is 0 Å². The molecule has 0 aliphatic carbocycles. The molecule has 1 rings (SSSR count). The van der Waals surface area contributed by atoms with Crippen LogP contribution in [-0.4, -0.2) is 19.1 Å². The summed E-state index contributed by atoms with van der Waals surface area (Å²) < 4.78 is 5.72. The van der Waals surface area contributed by atoms with Crippen LogP contribution in [0.1, 0.15) is 39.7 Å². The largest absolute Gasteiger partial charge is 0.466 e. The zero-order valence-corrected chi connectivity index (χ0v) is 13.8. The number of carbonyl (C=O) groups is 1. The molecule has 19 heavy (non-hydrogen) atoms. The van der Waals surface area contributed by atoms with E-state index in [1.807, 2.05) is 0 Å². The van der Waals surface area contributed by atoms with Crippen LogP contribution in [0.15, 0.2) is 28.7 Å². The Hall–Kier alpha value is -0.870. The molecule has 0 aromatic heterocycles. The molecule has 0 bridgehead atoms. The van der Waals surface area contributed by atoms with Gasteiger partial charge in [0.25, 0.3) is 0 Å². The number of benzene rings is 1. The Labute approximate surface area is 124 Å². The fourth-order valence-electron chi connectivity index (χ4n) is 1.31. The molecule has 0 saturated carbocycles. The van der Waals surface area contributed by atoms with Crippen LogP contribution in [0.25, 0.3) is 0 Å². The van der Waals surface area contributed by atoms with Gasteiger partial charge in [-0.3, -0.25) is 4.79 Å². The van der Waals surface area contributed by atoms with Crippen molar-refractivity contribution in [2.75, 3.05) is 13.2 Å². The van der Waals surface area contributed by atoms with Crippen molar-refractivity contribution in [3.63, 3.8) is 0 Å². The first-order valence-electron chi connectivity index (χ1n) is 6.43. The molecule has 0 saturated heterocycles. The van der Waals surface area contributed by atoms with E-state index in [2.05, 4.69) is 65.7 Å². The Kier molecular flexibility index (Phi) is 8.68. The molecule has 2 N–H and O–H groups in total. The third-order valence-corrected chi connectivity index (χ3v) is 2.84. The summed E-state index contributed by atoms with van der Waals surface area (Å²) in [6.07, 6.45) is 0.327. The fourth-order valence-corrected chi connectivity index (χ4v) is 1.71. The third-order valence-electron chi connectivity index (χ3n) is 2.34. The number of rotatable bonds is 3. The summed E-state index contributed by atoms with van der Waals surface area (Å²) in [5.74, 6) is -0.213. The SMILES string of the molecule is CC(C)(C)c1cccc(Br)c1.CCOC(=O)CCN. The lowest BCUT2D eigenvalue weighted by atomic mass is 9.87. The number of nitrogens with two attached hydrogens (primary N) is 1. The van der Waals surface area contributed by atoms with E-state index in [9.17, 15) is 4.79 Å². The minimum Gasteiger partial charge on any atom is -0.466 e. The summed E-state index contributed by atoms with van der Waals surface area (Å²) in [7, 11) is 0. The highest BCUT2D eigenvalue weighted by atomic mass is 79.9. The second kappa shape index (κ2) is 9.10. The van der Waals surface area contributed by atoms with Gasteiger partial charge in [-0.15, -0.1) is 0 Å². The van der Waals surface area contributed by atoms with Gasteiger partial charge in [0.05, 0.1) is 13.0 Å².